The lowest BCUT2D eigenvalue weighted by Gasteiger charge is -2.38. The molecule has 2 nitrogen and oxygen atoms in total. The van der Waals surface area contributed by atoms with Crippen LogP contribution in [0.3, 0.4) is 0 Å². The van der Waals surface area contributed by atoms with E-state index in [0.717, 1.165) is 73.0 Å². The van der Waals surface area contributed by atoms with Crippen LogP contribution in [0.15, 0.2) is 89.4 Å². The molecule has 5 aromatic rings. The molecule has 1 unspecified atom stereocenters. The van der Waals surface area contributed by atoms with Crippen LogP contribution < -0.4 is 9.47 Å². The number of ether oxygens (including phenoxy) is 2. The second kappa shape index (κ2) is 11.3. The number of fused-ring (bicyclic) bond motifs is 8. The largest absolute Gasteiger partial charge is 0.494 e. The SMILES string of the molecule is CCCCOc1ccc(C2(c3ccc(C)cc3)C=Cc3c4c(c5ccc(C(F)(F)F)cc5c3O2)-c2cc(Br)cc(C)c2C4(C)C)cc1. The highest BCUT2D eigenvalue weighted by Crippen LogP contribution is 2.59. The molecule has 7 rings (SSSR count). The Labute approximate surface area is 282 Å². The van der Waals surface area contributed by atoms with Crippen LogP contribution in [0.4, 0.5) is 13.2 Å². The Morgan fingerprint density at radius 1 is 0.830 bits per heavy atom. The van der Waals surface area contributed by atoms with Gasteiger partial charge in [0.15, 0.2) is 5.60 Å². The van der Waals surface area contributed by atoms with Crippen LogP contribution in [0.5, 0.6) is 11.5 Å². The van der Waals surface area contributed by atoms with Crippen LogP contribution in [0.2, 0.25) is 0 Å². The molecule has 0 spiro atoms. The van der Waals surface area contributed by atoms with E-state index in [4.69, 9.17) is 9.47 Å². The topological polar surface area (TPSA) is 18.5 Å². The zero-order valence-electron chi connectivity index (χ0n) is 27.1. The third-order valence-electron chi connectivity index (χ3n) is 9.72. The van der Waals surface area contributed by atoms with E-state index >= 15 is 0 Å². The summed E-state index contributed by atoms with van der Waals surface area (Å²) in [6, 6.07) is 24.3. The molecule has 5 aromatic carbocycles. The predicted octanol–water partition coefficient (Wildman–Crippen LogP) is 12.1. The standard InChI is InChI=1S/C41H36BrF3O2/c1-6-7-20-46-30-15-12-27(13-16-30)40(26-10-8-24(2)9-11-26)19-18-32-37-35(34-23-29(42)21-25(3)36(34)39(37,4)5)31-17-14-28(41(43,44)45)22-33(31)38(32)47-40/h8-19,21-23H,6-7,20H2,1-5H3. The summed E-state index contributed by atoms with van der Waals surface area (Å²) >= 11 is 3.68. The monoisotopic (exact) mass is 696 g/mol. The summed E-state index contributed by atoms with van der Waals surface area (Å²) in [7, 11) is 0. The molecule has 0 bridgehead atoms. The minimum atomic E-state index is -4.51. The maximum atomic E-state index is 14.3. The van der Waals surface area contributed by atoms with Crippen molar-refractivity contribution in [2.45, 2.75) is 64.7 Å². The molecule has 47 heavy (non-hydrogen) atoms. The average Bonchev–Trinajstić information content (AvgIpc) is 3.27. The molecule has 0 N–H and O–H groups in total. The normalized spacial score (nSPS) is 17.6. The van der Waals surface area contributed by atoms with Crippen molar-refractivity contribution in [1.82, 2.24) is 0 Å². The fourth-order valence-corrected chi connectivity index (χ4v) is 8.13. The zero-order valence-corrected chi connectivity index (χ0v) is 28.7. The van der Waals surface area contributed by atoms with Gasteiger partial charge in [-0.15, -0.1) is 0 Å². The third-order valence-corrected chi connectivity index (χ3v) is 10.2. The Hall–Kier alpha value is -4.03. The Kier molecular flexibility index (Phi) is 7.59. The number of alkyl halides is 3. The molecule has 1 heterocycles. The van der Waals surface area contributed by atoms with Crippen LogP contribution in [0, 0.1) is 13.8 Å². The lowest BCUT2D eigenvalue weighted by Crippen LogP contribution is -2.35. The van der Waals surface area contributed by atoms with Crippen LogP contribution in [-0.4, -0.2) is 6.61 Å². The van der Waals surface area contributed by atoms with E-state index in [2.05, 4.69) is 67.9 Å². The van der Waals surface area contributed by atoms with E-state index in [1.54, 1.807) is 6.07 Å². The molecule has 0 fully saturated rings. The van der Waals surface area contributed by atoms with Gasteiger partial charge in [0.25, 0.3) is 0 Å². The fraction of sp³-hybridized carbons (Fsp3) is 0.268. The summed E-state index contributed by atoms with van der Waals surface area (Å²) < 4.78 is 57.0. The van der Waals surface area contributed by atoms with Crippen molar-refractivity contribution in [2.24, 2.45) is 0 Å². The molecule has 2 aliphatic rings. The van der Waals surface area contributed by atoms with Gasteiger partial charge in [-0.3, -0.25) is 0 Å². The van der Waals surface area contributed by atoms with Gasteiger partial charge in [0.2, 0.25) is 0 Å². The minimum Gasteiger partial charge on any atom is -0.494 e. The van der Waals surface area contributed by atoms with Crippen molar-refractivity contribution in [1.29, 1.82) is 0 Å². The zero-order chi connectivity index (χ0) is 33.3. The van der Waals surface area contributed by atoms with Gasteiger partial charge < -0.3 is 9.47 Å². The van der Waals surface area contributed by atoms with E-state index in [1.165, 1.54) is 17.7 Å². The number of benzene rings is 5. The second-order valence-corrected chi connectivity index (χ2v) is 14.2. The summed E-state index contributed by atoms with van der Waals surface area (Å²) in [5, 5.41) is 1.18. The second-order valence-electron chi connectivity index (χ2n) is 13.3. The van der Waals surface area contributed by atoms with Crippen molar-refractivity contribution in [2.75, 3.05) is 6.61 Å². The number of hydrogen-bond acceptors (Lipinski definition) is 2. The highest BCUT2D eigenvalue weighted by atomic mass is 79.9. The number of aryl methyl sites for hydroxylation is 2. The Morgan fingerprint density at radius 3 is 2.17 bits per heavy atom. The smallest absolute Gasteiger partial charge is 0.416 e. The minimum absolute atomic E-state index is 0.425. The van der Waals surface area contributed by atoms with Crippen LogP contribution >= 0.6 is 15.9 Å². The van der Waals surface area contributed by atoms with E-state index in [0.29, 0.717) is 17.7 Å². The van der Waals surface area contributed by atoms with Crippen LogP contribution in [0.1, 0.15) is 78.1 Å². The molecular weight excluding hydrogens is 661 g/mol. The van der Waals surface area contributed by atoms with Crippen molar-refractivity contribution < 1.29 is 22.6 Å². The van der Waals surface area contributed by atoms with Crippen LogP contribution in [0.25, 0.3) is 28.0 Å². The molecule has 0 amide bonds. The lowest BCUT2D eigenvalue weighted by molar-refractivity contribution is -0.137. The average molecular weight is 698 g/mol. The van der Waals surface area contributed by atoms with Gasteiger partial charge in [-0.25, -0.2) is 0 Å². The molecule has 0 saturated carbocycles. The molecule has 0 radical (unpaired) electrons. The van der Waals surface area contributed by atoms with E-state index in [1.807, 2.05) is 55.5 Å². The summed E-state index contributed by atoms with van der Waals surface area (Å²) in [4.78, 5) is 0. The maximum Gasteiger partial charge on any atom is 0.416 e. The number of hydrogen-bond donors (Lipinski definition) is 0. The van der Waals surface area contributed by atoms with E-state index in [-0.39, 0.29) is 0 Å². The van der Waals surface area contributed by atoms with Gasteiger partial charge in [-0.2, -0.15) is 13.2 Å². The molecular formula is C41H36BrF3O2. The maximum absolute atomic E-state index is 14.3. The number of unbranched alkanes of at least 4 members (excludes halogenated alkanes) is 1. The summed E-state index contributed by atoms with van der Waals surface area (Å²) in [6.07, 6.45) is 1.63. The van der Waals surface area contributed by atoms with Crippen molar-refractivity contribution >= 4 is 32.8 Å². The Bertz CT molecular complexity index is 2060. The van der Waals surface area contributed by atoms with Gasteiger partial charge in [-0.05, 0) is 95.9 Å². The molecule has 1 aliphatic heterocycles. The first-order valence-corrected chi connectivity index (χ1v) is 16.9. The Morgan fingerprint density at radius 2 is 1.51 bits per heavy atom. The predicted molar refractivity (Wildman–Crippen MR) is 187 cm³/mol. The van der Waals surface area contributed by atoms with Gasteiger partial charge >= 0.3 is 6.18 Å². The van der Waals surface area contributed by atoms with Crippen molar-refractivity contribution in [3.05, 3.63) is 134 Å². The number of halogens is 4. The fourth-order valence-electron chi connectivity index (χ4n) is 7.55. The highest BCUT2D eigenvalue weighted by molar-refractivity contribution is 9.10. The highest BCUT2D eigenvalue weighted by Gasteiger charge is 2.45. The Balaban J connectivity index is 1.52. The van der Waals surface area contributed by atoms with Gasteiger partial charge in [-0.1, -0.05) is 97.2 Å². The van der Waals surface area contributed by atoms with Crippen molar-refractivity contribution in [3.63, 3.8) is 0 Å². The first-order valence-electron chi connectivity index (χ1n) is 16.1. The first kappa shape index (κ1) is 31.6. The van der Waals surface area contributed by atoms with E-state index < -0.39 is 22.8 Å². The molecule has 0 saturated heterocycles. The molecule has 6 heteroatoms. The van der Waals surface area contributed by atoms with Crippen LogP contribution in [-0.2, 0) is 17.2 Å². The molecule has 1 aliphatic carbocycles. The quantitative estimate of drug-likeness (QED) is 0.165. The van der Waals surface area contributed by atoms with Gasteiger partial charge in [0, 0.05) is 32.0 Å². The molecule has 240 valence electrons. The summed E-state index contributed by atoms with van der Waals surface area (Å²) in [5.41, 5.74) is 6.78. The van der Waals surface area contributed by atoms with Crippen molar-refractivity contribution in [3.8, 4) is 22.6 Å². The number of rotatable bonds is 6. The van der Waals surface area contributed by atoms with E-state index in [9.17, 15) is 13.2 Å². The first-order chi connectivity index (χ1) is 22.3. The molecule has 0 aromatic heterocycles. The van der Waals surface area contributed by atoms with Gasteiger partial charge in [0.05, 0.1) is 12.2 Å². The lowest BCUT2D eigenvalue weighted by atomic mass is 9.76. The molecule has 1 atom stereocenters. The summed E-state index contributed by atoms with van der Waals surface area (Å²) in [5.74, 6) is 1.22. The van der Waals surface area contributed by atoms with Gasteiger partial charge in [0.1, 0.15) is 11.5 Å². The summed E-state index contributed by atoms with van der Waals surface area (Å²) in [6.45, 7) is 11.3. The third kappa shape index (κ3) is 5.07.